The third kappa shape index (κ3) is 10.5. The first kappa shape index (κ1) is 44.4. The van der Waals surface area contributed by atoms with Crippen LogP contribution < -0.4 is 9.47 Å². The van der Waals surface area contributed by atoms with E-state index in [1.54, 1.807) is 12.1 Å². The Morgan fingerprint density at radius 2 is 1.37 bits per heavy atom. The number of aliphatic hydroxyl groups excluding tert-OH is 8. The van der Waals surface area contributed by atoms with E-state index in [4.69, 9.17) is 42.6 Å². The van der Waals surface area contributed by atoms with Crippen LogP contribution in [-0.4, -0.2) is 183 Å². The maximum Gasteiger partial charge on any atom is 0.331 e. The number of hydrogen-bond donors (Lipinski definition) is 10. The highest BCUT2D eigenvalue weighted by Gasteiger charge is 2.53. The van der Waals surface area contributed by atoms with Crippen molar-refractivity contribution in [3.8, 4) is 23.0 Å². The van der Waals surface area contributed by atoms with E-state index in [0.717, 1.165) is 6.08 Å². The van der Waals surface area contributed by atoms with Crippen LogP contribution in [0, 0.1) is 0 Å². The summed E-state index contributed by atoms with van der Waals surface area (Å²) in [5.41, 5.74) is 1.02. The molecule has 57 heavy (non-hydrogen) atoms. The minimum absolute atomic E-state index is 0.121. The largest absolute Gasteiger partial charge is 0.504 e. The fourth-order valence-corrected chi connectivity index (χ4v) is 6.46. The van der Waals surface area contributed by atoms with Gasteiger partial charge in [0.15, 0.2) is 48.0 Å². The Morgan fingerprint density at radius 1 is 0.702 bits per heavy atom. The number of ether oxygens (including phenoxy) is 9. The molecular weight excluding hydrogens is 764 g/mol. The predicted molar refractivity (Wildman–Crippen MR) is 190 cm³/mol. The second kappa shape index (κ2) is 19.8. The normalized spacial score (nSPS) is 35.9. The van der Waals surface area contributed by atoms with Crippen LogP contribution in [0.4, 0.5) is 0 Å². The molecule has 3 saturated heterocycles. The highest BCUT2D eigenvalue weighted by molar-refractivity contribution is 5.87. The maximum absolute atomic E-state index is 13.4. The van der Waals surface area contributed by atoms with Crippen molar-refractivity contribution in [1.29, 1.82) is 0 Å². The monoisotopic (exact) mass is 814 g/mol. The second-order valence-electron chi connectivity index (χ2n) is 13.6. The summed E-state index contributed by atoms with van der Waals surface area (Å²) in [6.07, 6.45) is -22.0. The van der Waals surface area contributed by atoms with Crippen LogP contribution in [0.15, 0.2) is 42.5 Å². The zero-order chi connectivity index (χ0) is 41.6. The molecule has 2 aromatic rings. The summed E-state index contributed by atoms with van der Waals surface area (Å²) in [5.74, 6) is -0.938. The van der Waals surface area contributed by atoms with Crippen molar-refractivity contribution in [2.24, 2.45) is 0 Å². The SMILES string of the molecule is COc1ccc(CCO[C@@H]2O[C@H](CO[C@@H]3O[C@H](CO)[C@H](O)[C@H](O)[C@H]3O)[C@@H](OC(=O)/C=C/c3ccc(O)c(OC)c3)[C@H](O[C@@H]3O[C@@H](C)[C@H](O)[C@@H](O)[C@H]3O)[C@H]2O)cc1O. The van der Waals surface area contributed by atoms with Crippen LogP contribution in [-0.2, 0) is 44.4 Å². The van der Waals surface area contributed by atoms with Gasteiger partial charge >= 0.3 is 5.97 Å². The molecule has 15 atom stereocenters. The van der Waals surface area contributed by atoms with Crippen molar-refractivity contribution >= 4 is 12.0 Å². The van der Waals surface area contributed by atoms with Crippen LogP contribution in [0.1, 0.15) is 18.1 Å². The van der Waals surface area contributed by atoms with Crippen molar-refractivity contribution in [3.05, 3.63) is 53.6 Å². The van der Waals surface area contributed by atoms with Crippen LogP contribution in [0.25, 0.3) is 6.08 Å². The zero-order valence-electron chi connectivity index (χ0n) is 31.2. The third-order valence-electron chi connectivity index (χ3n) is 9.77. The number of phenolic OH excluding ortho intramolecular Hbond substituents is 2. The molecule has 0 aromatic heterocycles. The molecule has 0 saturated carbocycles. The lowest BCUT2D eigenvalue weighted by Gasteiger charge is -2.47. The van der Waals surface area contributed by atoms with Gasteiger partial charge in [-0.15, -0.1) is 0 Å². The van der Waals surface area contributed by atoms with Gasteiger partial charge in [0.1, 0.15) is 61.0 Å². The molecule has 0 radical (unpaired) electrons. The Bertz CT molecular complexity index is 1640. The molecule has 0 spiro atoms. The van der Waals surface area contributed by atoms with Gasteiger partial charge in [0.2, 0.25) is 0 Å². The molecule has 0 bridgehead atoms. The van der Waals surface area contributed by atoms with Crippen LogP contribution >= 0.6 is 0 Å². The summed E-state index contributed by atoms with van der Waals surface area (Å²) in [6.45, 7) is -0.132. The van der Waals surface area contributed by atoms with Crippen molar-refractivity contribution in [2.45, 2.75) is 105 Å². The van der Waals surface area contributed by atoms with Crippen molar-refractivity contribution in [1.82, 2.24) is 0 Å². The summed E-state index contributed by atoms with van der Waals surface area (Å²) >= 11 is 0. The zero-order valence-corrected chi connectivity index (χ0v) is 31.2. The van der Waals surface area contributed by atoms with E-state index in [0.29, 0.717) is 11.1 Å². The van der Waals surface area contributed by atoms with Crippen LogP contribution in [0.5, 0.6) is 23.0 Å². The third-order valence-corrected chi connectivity index (χ3v) is 9.77. The highest BCUT2D eigenvalue weighted by Crippen LogP contribution is 2.33. The van der Waals surface area contributed by atoms with Gasteiger partial charge in [0, 0.05) is 6.08 Å². The number of rotatable bonds is 15. The molecule has 0 amide bonds. The number of carbonyl (C=O) groups excluding carboxylic acids is 1. The van der Waals surface area contributed by atoms with Gasteiger partial charge in [-0.1, -0.05) is 12.1 Å². The second-order valence-corrected chi connectivity index (χ2v) is 13.6. The van der Waals surface area contributed by atoms with E-state index in [2.05, 4.69) is 0 Å². The van der Waals surface area contributed by atoms with E-state index in [-0.39, 0.29) is 36.0 Å². The van der Waals surface area contributed by atoms with E-state index >= 15 is 0 Å². The Balaban J connectivity index is 1.44. The number of aromatic hydroxyl groups is 2. The molecule has 20 heteroatoms. The Labute approximate surface area is 326 Å². The Kier molecular flexibility index (Phi) is 15.4. The number of aliphatic hydroxyl groups is 8. The lowest BCUT2D eigenvalue weighted by atomic mass is 9.96. The highest BCUT2D eigenvalue weighted by atomic mass is 16.8. The molecule has 0 aliphatic carbocycles. The first-order valence-corrected chi connectivity index (χ1v) is 18.0. The van der Waals surface area contributed by atoms with Crippen molar-refractivity contribution in [3.63, 3.8) is 0 Å². The maximum atomic E-state index is 13.4. The number of hydrogen-bond acceptors (Lipinski definition) is 20. The van der Waals surface area contributed by atoms with Gasteiger partial charge in [-0.05, 0) is 54.8 Å². The molecule has 20 nitrogen and oxygen atoms in total. The van der Waals surface area contributed by atoms with Crippen molar-refractivity contribution in [2.75, 3.05) is 34.0 Å². The lowest BCUT2D eigenvalue weighted by Crippen LogP contribution is -2.65. The molecule has 0 unspecified atom stereocenters. The molecule has 3 heterocycles. The van der Waals surface area contributed by atoms with E-state index < -0.39 is 111 Å². The van der Waals surface area contributed by atoms with Crippen LogP contribution in [0.2, 0.25) is 0 Å². The summed E-state index contributed by atoms with van der Waals surface area (Å²) < 4.78 is 50.8. The fraction of sp³-hybridized carbons (Fsp3) is 0.595. The van der Waals surface area contributed by atoms with Gasteiger partial charge in [-0.3, -0.25) is 0 Å². The summed E-state index contributed by atoms with van der Waals surface area (Å²) in [5, 5.41) is 104. The van der Waals surface area contributed by atoms with Gasteiger partial charge in [-0.2, -0.15) is 0 Å². The molecule has 3 aliphatic heterocycles. The number of methoxy groups -OCH3 is 2. The molecular formula is C37H50O20. The Hall–Kier alpha value is -3.71. The molecule has 2 aromatic carbocycles. The predicted octanol–water partition coefficient (Wildman–Crippen LogP) is -2.59. The van der Waals surface area contributed by atoms with E-state index in [1.807, 2.05) is 0 Å². The van der Waals surface area contributed by atoms with Gasteiger partial charge in [0.25, 0.3) is 0 Å². The van der Waals surface area contributed by atoms with E-state index in [9.17, 15) is 55.9 Å². The average molecular weight is 815 g/mol. The van der Waals surface area contributed by atoms with Gasteiger partial charge in [0.05, 0.1) is 40.1 Å². The van der Waals surface area contributed by atoms with Gasteiger partial charge in [-0.25, -0.2) is 4.79 Å². The smallest absolute Gasteiger partial charge is 0.331 e. The van der Waals surface area contributed by atoms with E-state index in [1.165, 1.54) is 51.5 Å². The lowest BCUT2D eigenvalue weighted by molar-refractivity contribution is -0.364. The quantitative estimate of drug-likeness (QED) is 0.0652. The van der Waals surface area contributed by atoms with Crippen molar-refractivity contribution < 1.29 is 98.5 Å². The summed E-state index contributed by atoms with van der Waals surface area (Å²) in [6, 6.07) is 8.92. The standard InChI is InChI=1S/C37H50O20/c1-16-26(42)28(44)31(47)37(53-16)57-34-32(48)36(51-11-10-18-5-8-21(49-2)20(40)12-18)55-24(15-52-35-30(46)29(45)27(43)23(14-38)54-35)33(34)56-25(41)9-6-17-4-7-19(39)22(13-17)50-3/h4-9,12-13,16,23-24,26-40,42-48H,10-11,14-15H2,1-3H3/b9-6+/t16-,23+,24+,26-,27-,28+,29-,30+,31+,32+,33+,34+,35+,36+,37-/m0/s1. The average Bonchev–Trinajstić information content (AvgIpc) is 3.20. The first-order valence-electron chi connectivity index (χ1n) is 18.0. The number of benzene rings is 2. The number of esters is 1. The topological polar surface area (TPSA) is 302 Å². The summed E-state index contributed by atoms with van der Waals surface area (Å²) in [4.78, 5) is 13.4. The van der Waals surface area contributed by atoms with Crippen LogP contribution in [0.3, 0.4) is 0 Å². The minimum atomic E-state index is -1.86. The first-order chi connectivity index (χ1) is 27.2. The van der Waals surface area contributed by atoms with Gasteiger partial charge < -0.3 is 93.7 Å². The minimum Gasteiger partial charge on any atom is -0.504 e. The molecule has 10 N–H and O–H groups in total. The fourth-order valence-electron chi connectivity index (χ4n) is 6.46. The Morgan fingerprint density at radius 3 is 2.05 bits per heavy atom. The molecule has 3 fully saturated rings. The molecule has 318 valence electrons. The molecule has 5 rings (SSSR count). The number of phenols is 2. The summed E-state index contributed by atoms with van der Waals surface area (Å²) in [7, 11) is 2.73. The molecule has 3 aliphatic rings. The number of carbonyl (C=O) groups is 1.